The highest BCUT2D eigenvalue weighted by Crippen LogP contribution is 2.24. The first kappa shape index (κ1) is 17.7. The molecule has 0 aromatic heterocycles. The fourth-order valence-electron chi connectivity index (χ4n) is 2.62. The van der Waals surface area contributed by atoms with Crippen LogP contribution in [0.5, 0.6) is 5.75 Å². The number of carbonyl (C=O) groups is 1. The maximum absolute atomic E-state index is 12.8. The van der Waals surface area contributed by atoms with Crippen molar-refractivity contribution in [3.8, 4) is 5.75 Å². The molecular weight excluding hydrogens is 320 g/mol. The first-order valence-corrected chi connectivity index (χ1v) is 8.87. The predicted octanol–water partition coefficient (Wildman–Crippen LogP) is 0.785. The van der Waals surface area contributed by atoms with Crippen LogP contribution in [-0.4, -0.2) is 68.5 Å². The van der Waals surface area contributed by atoms with E-state index in [1.54, 1.807) is 32.2 Å². The number of benzene rings is 1. The molecule has 0 atom stereocenters. The Morgan fingerprint density at radius 3 is 2.43 bits per heavy atom. The Morgan fingerprint density at radius 1 is 1.26 bits per heavy atom. The summed E-state index contributed by atoms with van der Waals surface area (Å²) in [4.78, 5) is 12.9. The number of ether oxygens (including phenoxy) is 1. The number of aryl methyl sites for hydroxylation is 1. The molecule has 23 heavy (non-hydrogen) atoms. The van der Waals surface area contributed by atoms with E-state index >= 15 is 0 Å². The second kappa shape index (κ2) is 7.29. The fourth-order valence-corrected chi connectivity index (χ4v) is 4.25. The number of hydrogen-bond donors (Lipinski definition) is 1. The number of piperazine rings is 1. The molecule has 1 aromatic rings. The molecule has 0 bridgehead atoms. The Morgan fingerprint density at radius 2 is 1.91 bits per heavy atom. The molecular formula is C15H22N2O5S. The summed E-state index contributed by atoms with van der Waals surface area (Å²) in [7, 11) is -2.00. The molecule has 7 nitrogen and oxygen atoms in total. The van der Waals surface area contributed by atoms with Crippen molar-refractivity contribution in [3.05, 3.63) is 23.8 Å². The molecule has 0 amide bonds. The molecule has 0 aliphatic carbocycles. The third-order valence-electron chi connectivity index (χ3n) is 3.97. The van der Waals surface area contributed by atoms with Gasteiger partial charge in [-0.1, -0.05) is 0 Å². The monoisotopic (exact) mass is 342 g/mol. The number of nitrogens with zero attached hydrogens (tertiary/aromatic N) is 2. The molecule has 0 unspecified atom stereocenters. The van der Waals surface area contributed by atoms with Gasteiger partial charge in [0.05, 0.1) is 18.4 Å². The summed E-state index contributed by atoms with van der Waals surface area (Å²) in [6.07, 6.45) is 0.0737. The van der Waals surface area contributed by atoms with Crippen molar-refractivity contribution in [2.75, 3.05) is 39.8 Å². The van der Waals surface area contributed by atoms with Gasteiger partial charge in [-0.05, 0) is 30.7 Å². The first-order chi connectivity index (χ1) is 10.8. The van der Waals surface area contributed by atoms with E-state index in [2.05, 4.69) is 0 Å². The standard InChI is InChI=1S/C15H22N2O5S/c1-12-11-13(22-2)3-4-14(12)23(20,21)17-9-7-16(8-10-17)6-5-15(18)19/h3-4,11H,5-10H2,1-2H3,(H,18,19). The zero-order chi connectivity index (χ0) is 17.0. The van der Waals surface area contributed by atoms with Crippen molar-refractivity contribution >= 4 is 16.0 Å². The van der Waals surface area contributed by atoms with E-state index < -0.39 is 16.0 Å². The average Bonchev–Trinajstić information content (AvgIpc) is 2.52. The van der Waals surface area contributed by atoms with Crippen LogP contribution in [-0.2, 0) is 14.8 Å². The number of methoxy groups -OCH3 is 1. The highest BCUT2D eigenvalue weighted by atomic mass is 32.2. The zero-order valence-corrected chi connectivity index (χ0v) is 14.2. The lowest BCUT2D eigenvalue weighted by Crippen LogP contribution is -2.49. The van der Waals surface area contributed by atoms with Gasteiger partial charge < -0.3 is 14.7 Å². The van der Waals surface area contributed by atoms with Crippen molar-refractivity contribution in [2.45, 2.75) is 18.2 Å². The molecule has 0 radical (unpaired) electrons. The number of carboxylic acid groups (broad SMARTS) is 1. The lowest BCUT2D eigenvalue weighted by molar-refractivity contribution is -0.137. The van der Waals surface area contributed by atoms with Crippen LogP contribution in [0.1, 0.15) is 12.0 Å². The van der Waals surface area contributed by atoms with Crippen LogP contribution in [0.4, 0.5) is 0 Å². The molecule has 8 heteroatoms. The zero-order valence-electron chi connectivity index (χ0n) is 13.4. The highest BCUT2D eigenvalue weighted by Gasteiger charge is 2.29. The summed E-state index contributed by atoms with van der Waals surface area (Å²) in [6.45, 7) is 4.02. The van der Waals surface area contributed by atoms with Gasteiger partial charge in [0.25, 0.3) is 0 Å². The molecule has 1 N–H and O–H groups in total. The molecule has 1 aromatic carbocycles. The lowest BCUT2D eigenvalue weighted by atomic mass is 10.2. The quantitative estimate of drug-likeness (QED) is 0.822. The van der Waals surface area contributed by atoms with E-state index in [4.69, 9.17) is 9.84 Å². The van der Waals surface area contributed by atoms with E-state index in [0.717, 1.165) is 0 Å². The van der Waals surface area contributed by atoms with Gasteiger partial charge in [-0.15, -0.1) is 0 Å². The van der Waals surface area contributed by atoms with Crippen molar-refractivity contribution in [2.24, 2.45) is 0 Å². The summed E-state index contributed by atoms with van der Waals surface area (Å²) in [5, 5.41) is 8.70. The van der Waals surface area contributed by atoms with Gasteiger partial charge in [0.1, 0.15) is 5.75 Å². The molecule has 1 heterocycles. The minimum absolute atomic E-state index is 0.0737. The molecule has 1 fully saturated rings. The SMILES string of the molecule is COc1ccc(S(=O)(=O)N2CCN(CCC(=O)O)CC2)c(C)c1. The van der Waals surface area contributed by atoms with Gasteiger partial charge in [0.15, 0.2) is 0 Å². The van der Waals surface area contributed by atoms with Gasteiger partial charge in [-0.2, -0.15) is 4.31 Å². The Kier molecular flexibility index (Phi) is 5.61. The summed E-state index contributed by atoms with van der Waals surface area (Å²) in [5.41, 5.74) is 0.651. The Bertz CT molecular complexity index is 666. The maximum Gasteiger partial charge on any atom is 0.304 e. The Balaban J connectivity index is 2.06. The third-order valence-corrected chi connectivity index (χ3v) is 6.03. The van der Waals surface area contributed by atoms with Gasteiger partial charge in [0.2, 0.25) is 10.0 Å². The van der Waals surface area contributed by atoms with Crippen LogP contribution in [0.3, 0.4) is 0 Å². The Hall–Kier alpha value is -1.64. The second-order valence-corrected chi connectivity index (χ2v) is 7.43. The van der Waals surface area contributed by atoms with Crippen molar-refractivity contribution in [3.63, 3.8) is 0 Å². The van der Waals surface area contributed by atoms with Crippen molar-refractivity contribution < 1.29 is 23.1 Å². The van der Waals surface area contributed by atoms with Gasteiger partial charge in [0, 0.05) is 32.7 Å². The van der Waals surface area contributed by atoms with Gasteiger partial charge in [-0.25, -0.2) is 8.42 Å². The predicted molar refractivity (Wildman–Crippen MR) is 85.2 cm³/mol. The van der Waals surface area contributed by atoms with Gasteiger partial charge in [-0.3, -0.25) is 4.79 Å². The highest BCUT2D eigenvalue weighted by molar-refractivity contribution is 7.89. The minimum atomic E-state index is -3.54. The van der Waals surface area contributed by atoms with E-state index in [-0.39, 0.29) is 11.3 Å². The molecule has 1 aliphatic heterocycles. The summed E-state index contributed by atoms with van der Waals surface area (Å²) < 4.78 is 32.1. The molecule has 0 spiro atoms. The van der Waals surface area contributed by atoms with Crippen LogP contribution in [0.25, 0.3) is 0 Å². The van der Waals surface area contributed by atoms with E-state index in [1.165, 1.54) is 4.31 Å². The molecule has 1 saturated heterocycles. The van der Waals surface area contributed by atoms with Crippen LogP contribution in [0.15, 0.2) is 23.1 Å². The Labute approximate surface area is 136 Å². The first-order valence-electron chi connectivity index (χ1n) is 7.43. The van der Waals surface area contributed by atoms with Crippen molar-refractivity contribution in [1.82, 2.24) is 9.21 Å². The van der Waals surface area contributed by atoms with Crippen LogP contribution < -0.4 is 4.74 Å². The minimum Gasteiger partial charge on any atom is -0.497 e. The lowest BCUT2D eigenvalue weighted by Gasteiger charge is -2.33. The van der Waals surface area contributed by atoms with E-state index in [9.17, 15) is 13.2 Å². The topological polar surface area (TPSA) is 87.2 Å². The number of hydrogen-bond acceptors (Lipinski definition) is 5. The number of aliphatic carboxylic acids is 1. The maximum atomic E-state index is 12.8. The smallest absolute Gasteiger partial charge is 0.304 e. The number of rotatable bonds is 6. The fraction of sp³-hybridized carbons (Fsp3) is 0.533. The molecule has 0 saturated carbocycles. The summed E-state index contributed by atoms with van der Waals surface area (Å²) in [5.74, 6) is -0.214. The number of carboxylic acids is 1. The van der Waals surface area contributed by atoms with E-state index in [0.29, 0.717) is 44.0 Å². The summed E-state index contributed by atoms with van der Waals surface area (Å²) in [6, 6.07) is 4.92. The second-order valence-electron chi connectivity index (χ2n) is 5.52. The molecule has 2 rings (SSSR count). The van der Waals surface area contributed by atoms with Crippen molar-refractivity contribution in [1.29, 1.82) is 0 Å². The average molecular weight is 342 g/mol. The van der Waals surface area contributed by atoms with Gasteiger partial charge >= 0.3 is 5.97 Å². The summed E-state index contributed by atoms with van der Waals surface area (Å²) >= 11 is 0. The van der Waals surface area contributed by atoms with Crippen LogP contribution in [0.2, 0.25) is 0 Å². The van der Waals surface area contributed by atoms with Crippen LogP contribution in [0, 0.1) is 6.92 Å². The largest absolute Gasteiger partial charge is 0.497 e. The molecule has 1 aliphatic rings. The van der Waals surface area contributed by atoms with E-state index in [1.807, 2.05) is 4.90 Å². The third kappa shape index (κ3) is 4.21. The number of sulfonamides is 1. The molecule has 128 valence electrons. The van der Waals surface area contributed by atoms with Crippen LogP contribution >= 0.6 is 0 Å². The normalized spacial score (nSPS) is 17.1.